The Bertz CT molecular complexity index is 601. The van der Waals surface area contributed by atoms with Gasteiger partial charge >= 0.3 is 0 Å². The fourth-order valence-corrected chi connectivity index (χ4v) is 9.31. The van der Waals surface area contributed by atoms with Gasteiger partial charge in [-0.25, -0.2) is 0 Å². The maximum Gasteiger partial charge on any atom is 0.0577 e. The van der Waals surface area contributed by atoms with Crippen molar-refractivity contribution in [3.05, 3.63) is 0 Å². The molecular weight excluding hydrogens is 368 g/mol. The van der Waals surface area contributed by atoms with E-state index in [1.54, 1.807) is 0 Å². The van der Waals surface area contributed by atoms with Crippen LogP contribution in [0.1, 0.15) is 106 Å². The van der Waals surface area contributed by atoms with E-state index in [0.717, 1.165) is 61.2 Å². The molecule has 0 saturated heterocycles. The highest BCUT2D eigenvalue weighted by molar-refractivity contribution is 5.11. The van der Waals surface area contributed by atoms with Crippen LogP contribution in [0.5, 0.6) is 0 Å². The summed E-state index contributed by atoms with van der Waals surface area (Å²) in [6, 6.07) is 0. The van der Waals surface area contributed by atoms with Gasteiger partial charge in [0.2, 0.25) is 0 Å². The fraction of sp³-hybridized carbons (Fsp3) is 1.00. The molecule has 4 aliphatic rings. The summed E-state index contributed by atoms with van der Waals surface area (Å²) in [7, 11) is 0. The van der Waals surface area contributed by atoms with E-state index in [2.05, 4.69) is 41.5 Å². The number of hydrogen-bond donors (Lipinski definition) is 2. The highest BCUT2D eigenvalue weighted by atomic mass is 16.3. The molecular formula is C28H50O2. The van der Waals surface area contributed by atoms with E-state index in [-0.39, 0.29) is 17.6 Å². The van der Waals surface area contributed by atoms with E-state index in [4.69, 9.17) is 0 Å². The van der Waals surface area contributed by atoms with Crippen LogP contribution in [0.4, 0.5) is 0 Å². The quantitative estimate of drug-likeness (QED) is 0.522. The van der Waals surface area contributed by atoms with Gasteiger partial charge < -0.3 is 10.2 Å². The summed E-state index contributed by atoms with van der Waals surface area (Å²) >= 11 is 0. The first-order valence-electron chi connectivity index (χ1n) is 13.4. The molecule has 2 heteroatoms. The van der Waals surface area contributed by atoms with Gasteiger partial charge in [0.15, 0.2) is 0 Å². The average Bonchev–Trinajstić information content (AvgIpc) is 3.04. The Morgan fingerprint density at radius 1 is 0.767 bits per heavy atom. The third-order valence-corrected chi connectivity index (χ3v) is 11.6. The summed E-state index contributed by atoms with van der Waals surface area (Å²) in [5.41, 5.74) is 0.734. The Morgan fingerprint density at radius 2 is 1.43 bits per heavy atom. The molecule has 11 atom stereocenters. The predicted octanol–water partition coefficient (Wildman–Crippen LogP) is 6.69. The minimum atomic E-state index is -0.197. The Morgan fingerprint density at radius 3 is 2.13 bits per heavy atom. The Labute approximate surface area is 186 Å². The van der Waals surface area contributed by atoms with E-state index < -0.39 is 0 Å². The molecule has 4 saturated carbocycles. The summed E-state index contributed by atoms with van der Waals surface area (Å²) in [6.07, 6.45) is 11.8. The van der Waals surface area contributed by atoms with Crippen LogP contribution in [0, 0.1) is 58.2 Å². The van der Waals surface area contributed by atoms with Crippen molar-refractivity contribution in [3.8, 4) is 0 Å². The van der Waals surface area contributed by atoms with Gasteiger partial charge in [0.1, 0.15) is 0 Å². The second-order valence-electron chi connectivity index (χ2n) is 13.2. The zero-order valence-electron chi connectivity index (χ0n) is 20.7. The largest absolute Gasteiger partial charge is 0.393 e. The molecule has 0 aromatic heterocycles. The Kier molecular flexibility index (Phi) is 6.44. The Hall–Kier alpha value is -0.0800. The smallest absolute Gasteiger partial charge is 0.0577 e. The van der Waals surface area contributed by atoms with E-state index in [1.807, 2.05) is 0 Å². The number of aliphatic hydroxyl groups is 2. The molecule has 4 fully saturated rings. The monoisotopic (exact) mass is 418 g/mol. The van der Waals surface area contributed by atoms with E-state index >= 15 is 0 Å². The van der Waals surface area contributed by atoms with Crippen molar-refractivity contribution in [3.63, 3.8) is 0 Å². The second kappa shape index (κ2) is 8.36. The van der Waals surface area contributed by atoms with Crippen molar-refractivity contribution in [1.29, 1.82) is 0 Å². The van der Waals surface area contributed by atoms with Gasteiger partial charge in [-0.15, -0.1) is 0 Å². The lowest BCUT2D eigenvalue weighted by Gasteiger charge is -2.62. The van der Waals surface area contributed by atoms with Gasteiger partial charge in [0.05, 0.1) is 12.2 Å². The molecule has 0 spiro atoms. The summed E-state index contributed by atoms with van der Waals surface area (Å²) in [5, 5.41) is 21.5. The molecule has 0 aromatic rings. The zero-order chi connectivity index (χ0) is 21.8. The number of aliphatic hydroxyl groups excluding tert-OH is 2. The summed E-state index contributed by atoms with van der Waals surface area (Å²) in [4.78, 5) is 0. The third kappa shape index (κ3) is 3.70. The predicted molar refractivity (Wildman–Crippen MR) is 125 cm³/mol. The SMILES string of the molecule is CC(C)[C@H](C)CC[C@@H](C)[C@@H]1CC[C@@H]2[C@@H]3C[C@H](O)[C@H]4C[C@@H](O)CC[C@]4(C)[C@H]3CC[C@@]21C. The zero-order valence-corrected chi connectivity index (χ0v) is 20.7. The highest BCUT2D eigenvalue weighted by Gasteiger charge is 2.62. The minimum absolute atomic E-state index is 0.187. The van der Waals surface area contributed by atoms with Crippen molar-refractivity contribution >= 4 is 0 Å². The number of rotatable bonds is 5. The van der Waals surface area contributed by atoms with Crippen LogP contribution in [0.3, 0.4) is 0 Å². The lowest BCUT2D eigenvalue weighted by molar-refractivity contribution is -0.172. The lowest BCUT2D eigenvalue weighted by atomic mass is 9.43. The summed E-state index contributed by atoms with van der Waals surface area (Å²) < 4.78 is 0. The molecule has 0 radical (unpaired) electrons. The molecule has 174 valence electrons. The van der Waals surface area contributed by atoms with Crippen molar-refractivity contribution < 1.29 is 10.2 Å². The van der Waals surface area contributed by atoms with Crippen LogP contribution < -0.4 is 0 Å². The molecule has 0 bridgehead atoms. The molecule has 0 unspecified atom stereocenters. The number of fused-ring (bicyclic) bond motifs is 5. The van der Waals surface area contributed by atoms with Crippen LogP contribution in [-0.2, 0) is 0 Å². The van der Waals surface area contributed by atoms with Crippen molar-refractivity contribution in [1.82, 2.24) is 0 Å². The molecule has 0 aliphatic heterocycles. The van der Waals surface area contributed by atoms with E-state index in [1.165, 1.54) is 38.5 Å². The number of hydrogen-bond acceptors (Lipinski definition) is 2. The van der Waals surface area contributed by atoms with Gasteiger partial charge in [-0.2, -0.15) is 0 Å². The van der Waals surface area contributed by atoms with Crippen molar-refractivity contribution in [2.24, 2.45) is 58.2 Å². The van der Waals surface area contributed by atoms with Gasteiger partial charge in [-0.3, -0.25) is 0 Å². The molecule has 0 heterocycles. The average molecular weight is 419 g/mol. The second-order valence-corrected chi connectivity index (χ2v) is 13.2. The molecule has 0 aromatic carbocycles. The molecule has 30 heavy (non-hydrogen) atoms. The van der Waals surface area contributed by atoms with Gasteiger partial charge in [0, 0.05) is 0 Å². The van der Waals surface area contributed by atoms with Crippen LogP contribution in [0.25, 0.3) is 0 Å². The van der Waals surface area contributed by atoms with Crippen LogP contribution in [0.15, 0.2) is 0 Å². The fourth-order valence-electron chi connectivity index (χ4n) is 9.31. The normalized spacial score (nSPS) is 50.5. The molecule has 2 nitrogen and oxygen atoms in total. The lowest BCUT2D eigenvalue weighted by Crippen LogP contribution is -2.58. The van der Waals surface area contributed by atoms with Gasteiger partial charge in [-0.1, -0.05) is 54.4 Å². The first-order chi connectivity index (χ1) is 14.1. The van der Waals surface area contributed by atoms with Crippen molar-refractivity contribution in [2.75, 3.05) is 0 Å². The van der Waals surface area contributed by atoms with Crippen molar-refractivity contribution in [2.45, 2.75) is 118 Å². The molecule has 4 aliphatic carbocycles. The molecule has 2 N–H and O–H groups in total. The van der Waals surface area contributed by atoms with Crippen LogP contribution in [-0.4, -0.2) is 22.4 Å². The topological polar surface area (TPSA) is 40.5 Å². The van der Waals surface area contributed by atoms with Crippen LogP contribution >= 0.6 is 0 Å². The highest BCUT2D eigenvalue weighted by Crippen LogP contribution is 2.68. The molecule has 4 rings (SSSR count). The van der Waals surface area contributed by atoms with E-state index in [9.17, 15) is 10.2 Å². The molecule has 0 amide bonds. The summed E-state index contributed by atoms with van der Waals surface area (Å²) in [5.74, 6) is 5.95. The minimum Gasteiger partial charge on any atom is -0.393 e. The van der Waals surface area contributed by atoms with Gasteiger partial charge in [-0.05, 0) is 110 Å². The summed E-state index contributed by atoms with van der Waals surface area (Å²) in [6.45, 7) is 14.8. The maximum absolute atomic E-state index is 11.2. The third-order valence-electron chi connectivity index (χ3n) is 11.6. The Balaban J connectivity index is 1.49. The first-order valence-corrected chi connectivity index (χ1v) is 13.4. The standard InChI is InChI=1S/C28H50O2/c1-17(2)18(3)7-8-19(4)22-9-10-23-21-16-26(30)25-15-20(29)11-13-28(25,6)24(21)12-14-27(22,23)5/h17-26,29-30H,7-16H2,1-6H3/t18-,19-,20+,21+,22+,23-,24+,25-,26+,27-,28-/m1/s1. The van der Waals surface area contributed by atoms with Gasteiger partial charge in [0.25, 0.3) is 0 Å². The van der Waals surface area contributed by atoms with Crippen LogP contribution in [0.2, 0.25) is 0 Å². The maximum atomic E-state index is 11.2. The first kappa shape index (κ1) is 23.1. The van der Waals surface area contributed by atoms with E-state index in [0.29, 0.717) is 17.3 Å².